The highest BCUT2D eigenvalue weighted by Gasteiger charge is 2.32. The maximum Gasteiger partial charge on any atom is 0.161 e. The molecule has 1 saturated heterocycles. The molecule has 0 spiro atoms. The molecule has 2 aromatic rings. The molecular formula is C20H23NO2. The molecule has 120 valence electrons. The van der Waals surface area contributed by atoms with Crippen LogP contribution >= 0.6 is 0 Å². The fourth-order valence-electron chi connectivity index (χ4n) is 3.86. The van der Waals surface area contributed by atoms with E-state index in [4.69, 9.17) is 9.47 Å². The number of nitrogens with zero attached hydrogens (tertiary/aromatic N) is 1. The van der Waals surface area contributed by atoms with Crippen LogP contribution < -0.4 is 9.47 Å². The highest BCUT2D eigenvalue weighted by atomic mass is 16.5. The fraction of sp³-hybridized carbons (Fsp3) is 0.400. The molecule has 0 aromatic heterocycles. The largest absolute Gasteiger partial charge is 0.493 e. The number of hydrogen-bond acceptors (Lipinski definition) is 3. The molecule has 3 nitrogen and oxygen atoms in total. The normalized spacial score (nSPS) is 20.0. The molecule has 2 aliphatic rings. The minimum absolute atomic E-state index is 0.575. The van der Waals surface area contributed by atoms with Gasteiger partial charge in [0, 0.05) is 12.6 Å². The zero-order valence-corrected chi connectivity index (χ0v) is 13.6. The maximum atomic E-state index is 6.05. The van der Waals surface area contributed by atoms with Gasteiger partial charge in [0.05, 0.1) is 7.11 Å². The number of hydrogen-bond donors (Lipinski definition) is 0. The highest BCUT2D eigenvalue weighted by Crippen LogP contribution is 2.42. The molecule has 0 N–H and O–H groups in total. The van der Waals surface area contributed by atoms with Crippen molar-refractivity contribution in [2.45, 2.75) is 31.9 Å². The second-order valence-corrected chi connectivity index (χ2v) is 6.42. The predicted molar refractivity (Wildman–Crippen MR) is 91.0 cm³/mol. The van der Waals surface area contributed by atoms with Crippen molar-refractivity contribution in [1.29, 1.82) is 0 Å². The van der Waals surface area contributed by atoms with Gasteiger partial charge in [0.25, 0.3) is 0 Å². The first kappa shape index (κ1) is 14.6. The van der Waals surface area contributed by atoms with E-state index in [-0.39, 0.29) is 0 Å². The first-order chi connectivity index (χ1) is 11.3. The van der Waals surface area contributed by atoms with Crippen molar-refractivity contribution in [1.82, 2.24) is 4.90 Å². The molecular weight excluding hydrogens is 286 g/mol. The van der Waals surface area contributed by atoms with Gasteiger partial charge in [0.1, 0.15) is 6.61 Å². The summed E-state index contributed by atoms with van der Waals surface area (Å²) in [6.07, 6.45) is 3.68. The molecule has 2 aliphatic heterocycles. The second-order valence-electron chi connectivity index (χ2n) is 6.42. The van der Waals surface area contributed by atoms with Crippen molar-refractivity contribution >= 4 is 0 Å². The number of fused-ring (bicyclic) bond motifs is 3. The van der Waals surface area contributed by atoms with E-state index < -0.39 is 0 Å². The third-order valence-corrected chi connectivity index (χ3v) is 5.05. The van der Waals surface area contributed by atoms with Gasteiger partial charge in [-0.05, 0) is 54.6 Å². The molecule has 0 bridgehead atoms. The van der Waals surface area contributed by atoms with E-state index >= 15 is 0 Å². The van der Waals surface area contributed by atoms with Crippen LogP contribution in [0.4, 0.5) is 0 Å². The molecule has 0 radical (unpaired) electrons. The van der Waals surface area contributed by atoms with E-state index in [1.165, 1.54) is 42.6 Å². The summed E-state index contributed by atoms with van der Waals surface area (Å²) in [6, 6.07) is 15.3. The van der Waals surface area contributed by atoms with Gasteiger partial charge in [-0.15, -0.1) is 0 Å². The Morgan fingerprint density at radius 3 is 2.78 bits per heavy atom. The molecule has 0 amide bonds. The Bertz CT molecular complexity index is 684. The molecule has 2 aromatic carbocycles. The average molecular weight is 309 g/mol. The van der Waals surface area contributed by atoms with E-state index in [2.05, 4.69) is 29.2 Å². The van der Waals surface area contributed by atoms with E-state index in [1.807, 2.05) is 18.2 Å². The Morgan fingerprint density at radius 1 is 1.09 bits per heavy atom. The quantitative estimate of drug-likeness (QED) is 0.853. The summed E-state index contributed by atoms with van der Waals surface area (Å²) in [4.78, 5) is 2.60. The molecule has 2 heterocycles. The summed E-state index contributed by atoms with van der Waals surface area (Å²) in [5.41, 5.74) is 4.05. The summed E-state index contributed by atoms with van der Waals surface area (Å²) in [7, 11) is 1.73. The van der Waals surface area contributed by atoms with Gasteiger partial charge in [0.15, 0.2) is 11.5 Å². The highest BCUT2D eigenvalue weighted by molar-refractivity contribution is 5.49. The third kappa shape index (κ3) is 2.81. The van der Waals surface area contributed by atoms with Crippen molar-refractivity contribution in [2.24, 2.45) is 0 Å². The van der Waals surface area contributed by atoms with E-state index in [0.717, 1.165) is 17.9 Å². The van der Waals surface area contributed by atoms with Gasteiger partial charge >= 0.3 is 0 Å². The monoisotopic (exact) mass is 309 g/mol. The Kier molecular flexibility index (Phi) is 3.96. The van der Waals surface area contributed by atoms with Crippen LogP contribution in [-0.2, 0) is 13.0 Å². The van der Waals surface area contributed by atoms with Crippen LogP contribution in [0.25, 0.3) is 0 Å². The SMILES string of the molecule is COc1cc2c(cc1OCc1ccccc1)CCN1CCCC21. The first-order valence-corrected chi connectivity index (χ1v) is 8.47. The van der Waals surface area contributed by atoms with Gasteiger partial charge in [-0.2, -0.15) is 0 Å². The van der Waals surface area contributed by atoms with Gasteiger partial charge in [-0.3, -0.25) is 4.90 Å². The van der Waals surface area contributed by atoms with Crippen molar-refractivity contribution in [3.05, 3.63) is 59.2 Å². The molecule has 0 aliphatic carbocycles. The zero-order valence-electron chi connectivity index (χ0n) is 13.6. The van der Waals surface area contributed by atoms with Crippen molar-refractivity contribution in [3.8, 4) is 11.5 Å². The predicted octanol–water partition coefficient (Wildman–Crippen LogP) is 3.97. The standard InChI is InChI=1S/C20H23NO2/c1-22-19-13-17-16(9-11-21-10-5-8-18(17)21)12-20(19)23-14-15-6-3-2-4-7-15/h2-4,6-7,12-13,18H,5,8-11,14H2,1H3. The van der Waals surface area contributed by atoms with Crippen molar-refractivity contribution in [2.75, 3.05) is 20.2 Å². The molecule has 0 saturated carbocycles. The Morgan fingerprint density at radius 2 is 1.96 bits per heavy atom. The van der Waals surface area contributed by atoms with E-state index in [9.17, 15) is 0 Å². The lowest BCUT2D eigenvalue weighted by atomic mass is 9.92. The molecule has 1 atom stereocenters. The summed E-state index contributed by atoms with van der Waals surface area (Å²) in [5, 5.41) is 0. The summed E-state index contributed by atoms with van der Waals surface area (Å²) in [5.74, 6) is 1.72. The minimum atomic E-state index is 0.575. The van der Waals surface area contributed by atoms with Gasteiger partial charge in [-0.1, -0.05) is 30.3 Å². The van der Waals surface area contributed by atoms with Crippen LogP contribution in [0.15, 0.2) is 42.5 Å². The Hall–Kier alpha value is -2.00. The Labute approximate surface area is 137 Å². The van der Waals surface area contributed by atoms with Crippen molar-refractivity contribution in [3.63, 3.8) is 0 Å². The number of methoxy groups -OCH3 is 1. The lowest BCUT2D eigenvalue weighted by Crippen LogP contribution is -2.30. The van der Waals surface area contributed by atoms with Crippen LogP contribution in [0.1, 0.15) is 35.6 Å². The topological polar surface area (TPSA) is 21.7 Å². The molecule has 4 rings (SSSR count). The summed E-state index contributed by atoms with van der Waals surface area (Å²) >= 11 is 0. The minimum Gasteiger partial charge on any atom is -0.493 e. The second kappa shape index (κ2) is 6.25. The summed E-state index contributed by atoms with van der Waals surface area (Å²) < 4.78 is 11.7. The molecule has 1 unspecified atom stereocenters. The van der Waals surface area contributed by atoms with Gasteiger partial charge < -0.3 is 9.47 Å². The number of rotatable bonds is 4. The van der Waals surface area contributed by atoms with Crippen molar-refractivity contribution < 1.29 is 9.47 Å². The first-order valence-electron chi connectivity index (χ1n) is 8.47. The number of benzene rings is 2. The Balaban J connectivity index is 1.60. The van der Waals surface area contributed by atoms with Gasteiger partial charge in [0.2, 0.25) is 0 Å². The van der Waals surface area contributed by atoms with Crippen LogP contribution in [0.3, 0.4) is 0 Å². The van der Waals surface area contributed by atoms with E-state index in [1.54, 1.807) is 7.11 Å². The van der Waals surface area contributed by atoms with Crippen LogP contribution in [-0.4, -0.2) is 25.1 Å². The smallest absolute Gasteiger partial charge is 0.161 e. The van der Waals surface area contributed by atoms with E-state index in [0.29, 0.717) is 12.6 Å². The third-order valence-electron chi connectivity index (χ3n) is 5.05. The van der Waals surface area contributed by atoms with Crippen LogP contribution in [0.2, 0.25) is 0 Å². The van der Waals surface area contributed by atoms with Gasteiger partial charge in [-0.25, -0.2) is 0 Å². The number of ether oxygens (including phenoxy) is 2. The molecule has 3 heteroatoms. The lowest BCUT2D eigenvalue weighted by Gasteiger charge is -2.32. The van der Waals surface area contributed by atoms with Crippen LogP contribution in [0.5, 0.6) is 11.5 Å². The molecule has 1 fully saturated rings. The average Bonchev–Trinajstić information content (AvgIpc) is 3.09. The fourth-order valence-corrected chi connectivity index (χ4v) is 3.86. The summed E-state index contributed by atoms with van der Waals surface area (Å²) in [6.45, 7) is 2.98. The maximum absolute atomic E-state index is 6.05. The lowest BCUT2D eigenvalue weighted by molar-refractivity contribution is 0.240. The molecule has 23 heavy (non-hydrogen) atoms. The zero-order chi connectivity index (χ0) is 15.6. The van der Waals surface area contributed by atoms with Crippen LogP contribution in [0, 0.1) is 0 Å².